The maximum absolute atomic E-state index is 14.0. The van der Waals surface area contributed by atoms with Gasteiger partial charge in [0.05, 0.1) is 23.8 Å². The molecule has 0 atom stereocenters. The van der Waals surface area contributed by atoms with Crippen molar-refractivity contribution in [2.45, 2.75) is 26.7 Å². The Morgan fingerprint density at radius 2 is 1.72 bits per heavy atom. The highest BCUT2D eigenvalue weighted by Gasteiger charge is 2.31. The van der Waals surface area contributed by atoms with Gasteiger partial charge >= 0.3 is 0 Å². The lowest BCUT2D eigenvalue weighted by Crippen LogP contribution is -2.50. The fourth-order valence-electron chi connectivity index (χ4n) is 3.41. The minimum atomic E-state index is -0.395. The van der Waals surface area contributed by atoms with Crippen LogP contribution in [0.4, 0.5) is 15.8 Å². The average Bonchev–Trinajstić information content (AvgIpc) is 2.64. The van der Waals surface area contributed by atoms with Crippen LogP contribution in [-0.2, 0) is 4.79 Å². The first-order valence-electron chi connectivity index (χ1n) is 9.17. The molecule has 2 aliphatic rings. The molecule has 7 heteroatoms. The number of amides is 1. The predicted molar refractivity (Wildman–Crippen MR) is 99.0 cm³/mol. The van der Waals surface area contributed by atoms with E-state index in [2.05, 4.69) is 16.9 Å². The first-order valence-corrected chi connectivity index (χ1v) is 9.17. The molecule has 3 rings (SSSR count). The molecule has 0 saturated carbocycles. The minimum absolute atomic E-state index is 0.0424. The number of aromatic nitrogens is 1. The molecular weight excluding hydrogens is 321 g/mol. The van der Waals surface area contributed by atoms with Crippen molar-refractivity contribution >= 4 is 17.3 Å². The van der Waals surface area contributed by atoms with E-state index in [4.69, 9.17) is 5.73 Å². The smallest absolute Gasteiger partial charge is 0.225 e. The van der Waals surface area contributed by atoms with Gasteiger partial charge in [0, 0.05) is 45.2 Å². The number of rotatable bonds is 2. The van der Waals surface area contributed by atoms with Crippen molar-refractivity contribution in [1.29, 1.82) is 0 Å². The van der Waals surface area contributed by atoms with Gasteiger partial charge in [-0.25, -0.2) is 4.39 Å². The normalized spacial score (nSPS) is 19.4. The summed E-state index contributed by atoms with van der Waals surface area (Å²) >= 11 is 0. The van der Waals surface area contributed by atoms with Crippen LogP contribution in [0.15, 0.2) is 12.4 Å². The zero-order chi connectivity index (χ0) is 18.4. The van der Waals surface area contributed by atoms with E-state index in [1.807, 2.05) is 23.6 Å². The van der Waals surface area contributed by atoms with Crippen LogP contribution in [-0.4, -0.2) is 67.0 Å². The summed E-state index contributed by atoms with van der Waals surface area (Å²) in [6.07, 6.45) is 4.14. The van der Waals surface area contributed by atoms with E-state index in [1.54, 1.807) is 0 Å². The van der Waals surface area contributed by atoms with Gasteiger partial charge in [-0.3, -0.25) is 9.78 Å². The number of carbonyl (C=O) groups excluding carboxylic acids is 1. The van der Waals surface area contributed by atoms with Crippen molar-refractivity contribution in [2.24, 2.45) is 5.92 Å². The van der Waals surface area contributed by atoms with Crippen LogP contribution in [0.1, 0.15) is 26.7 Å². The molecule has 1 aromatic heterocycles. The van der Waals surface area contributed by atoms with Crippen molar-refractivity contribution in [3.8, 4) is 0 Å². The number of hydrogen-bond donors (Lipinski definition) is 1. The Hall–Kier alpha value is -1.89. The fraction of sp³-hybridized carbons (Fsp3) is 0.667. The molecule has 0 bridgehead atoms. The highest BCUT2D eigenvalue weighted by molar-refractivity contribution is 5.79. The van der Waals surface area contributed by atoms with Crippen molar-refractivity contribution in [3.05, 3.63) is 18.2 Å². The summed E-state index contributed by atoms with van der Waals surface area (Å²) in [5.74, 6) is -0.101. The van der Waals surface area contributed by atoms with Crippen LogP contribution < -0.4 is 10.6 Å². The van der Waals surface area contributed by atoms with E-state index in [1.165, 1.54) is 12.4 Å². The van der Waals surface area contributed by atoms with Crippen LogP contribution in [0.5, 0.6) is 0 Å². The van der Waals surface area contributed by atoms with E-state index >= 15 is 0 Å². The number of piperidine rings is 1. The number of nitrogens with two attached hydrogens (primary N) is 1. The lowest BCUT2D eigenvalue weighted by Gasteiger charge is -2.38. The van der Waals surface area contributed by atoms with Gasteiger partial charge in [0.15, 0.2) is 5.82 Å². The molecule has 0 radical (unpaired) electrons. The molecule has 25 heavy (non-hydrogen) atoms. The number of nitrogen functional groups attached to an aromatic ring is 1. The quantitative estimate of drug-likeness (QED) is 0.880. The molecular formula is C18H30FN5O. The van der Waals surface area contributed by atoms with E-state index in [0.717, 1.165) is 39.0 Å². The standard InChI is InChI=1S/C16H24FN5O.C2H6/c1-20-6-8-22(9-7-20)16(23)12-2-4-21(5-3-12)15-13(17)10-19-11-14(15)18;1-2/h10-12H,2-9,18H2,1H3;1-2H3. The molecule has 2 N–H and O–H groups in total. The number of anilines is 2. The largest absolute Gasteiger partial charge is 0.396 e. The van der Waals surface area contributed by atoms with E-state index in [9.17, 15) is 9.18 Å². The number of carbonyl (C=O) groups is 1. The summed E-state index contributed by atoms with van der Waals surface area (Å²) in [4.78, 5) is 22.5. The van der Waals surface area contributed by atoms with Gasteiger partial charge in [0.25, 0.3) is 0 Å². The molecule has 0 spiro atoms. The lowest BCUT2D eigenvalue weighted by atomic mass is 9.94. The number of piperazine rings is 1. The summed E-state index contributed by atoms with van der Waals surface area (Å²) in [5.41, 5.74) is 6.63. The molecule has 1 aromatic rings. The van der Waals surface area contributed by atoms with Crippen molar-refractivity contribution in [1.82, 2.24) is 14.8 Å². The highest BCUT2D eigenvalue weighted by Crippen LogP contribution is 2.30. The molecule has 6 nitrogen and oxygen atoms in total. The van der Waals surface area contributed by atoms with Crippen molar-refractivity contribution in [3.63, 3.8) is 0 Å². The van der Waals surface area contributed by atoms with Crippen LogP contribution in [0.2, 0.25) is 0 Å². The lowest BCUT2D eigenvalue weighted by molar-refractivity contribution is -0.137. The number of pyridine rings is 1. The molecule has 0 aromatic carbocycles. The topological polar surface area (TPSA) is 65.7 Å². The highest BCUT2D eigenvalue weighted by atomic mass is 19.1. The summed E-state index contributed by atoms with van der Waals surface area (Å²) in [7, 11) is 2.08. The SMILES string of the molecule is CC.CN1CCN(C(=O)C2CCN(c3c(N)cncc3F)CC2)CC1. The molecule has 2 aliphatic heterocycles. The molecule has 2 saturated heterocycles. The first-order chi connectivity index (χ1) is 12.1. The number of likely N-dealkylation sites (N-methyl/N-ethyl adjacent to an activating group) is 1. The van der Waals surface area contributed by atoms with Gasteiger partial charge in [-0.1, -0.05) is 13.8 Å². The first kappa shape index (κ1) is 19.4. The van der Waals surface area contributed by atoms with Crippen molar-refractivity contribution < 1.29 is 9.18 Å². The van der Waals surface area contributed by atoms with Crippen LogP contribution in [0.3, 0.4) is 0 Å². The van der Waals surface area contributed by atoms with Crippen LogP contribution in [0, 0.1) is 11.7 Å². The molecule has 0 unspecified atom stereocenters. The second-order valence-electron chi connectivity index (χ2n) is 6.45. The third kappa shape index (κ3) is 4.60. The van der Waals surface area contributed by atoms with Crippen LogP contribution >= 0.6 is 0 Å². The molecule has 140 valence electrons. The summed E-state index contributed by atoms with van der Waals surface area (Å²) in [6, 6.07) is 0. The van der Waals surface area contributed by atoms with Crippen molar-refractivity contribution in [2.75, 3.05) is 56.9 Å². The number of halogens is 1. The summed E-state index contributed by atoms with van der Waals surface area (Å²) < 4.78 is 14.0. The Balaban J connectivity index is 0.00000109. The Kier molecular flexibility index (Phi) is 6.99. The van der Waals surface area contributed by atoms with Gasteiger partial charge < -0.3 is 20.4 Å². The van der Waals surface area contributed by atoms with Gasteiger partial charge in [0.2, 0.25) is 5.91 Å². The van der Waals surface area contributed by atoms with Gasteiger partial charge in [-0.15, -0.1) is 0 Å². The fourth-order valence-corrected chi connectivity index (χ4v) is 3.41. The zero-order valence-corrected chi connectivity index (χ0v) is 15.5. The Bertz CT molecular complexity index is 546. The summed E-state index contributed by atoms with van der Waals surface area (Å²) in [5, 5.41) is 0. The van der Waals surface area contributed by atoms with E-state index in [0.29, 0.717) is 24.5 Å². The van der Waals surface area contributed by atoms with Crippen LogP contribution in [0.25, 0.3) is 0 Å². The minimum Gasteiger partial charge on any atom is -0.396 e. The monoisotopic (exact) mass is 351 g/mol. The molecule has 0 aliphatic carbocycles. The maximum atomic E-state index is 14.0. The Morgan fingerprint density at radius 1 is 1.12 bits per heavy atom. The summed E-state index contributed by atoms with van der Waals surface area (Å²) in [6.45, 7) is 8.78. The third-order valence-electron chi connectivity index (χ3n) is 4.88. The van der Waals surface area contributed by atoms with Gasteiger partial charge in [0.1, 0.15) is 0 Å². The molecule has 1 amide bonds. The zero-order valence-electron chi connectivity index (χ0n) is 15.5. The van der Waals surface area contributed by atoms with E-state index < -0.39 is 5.82 Å². The molecule has 2 fully saturated rings. The van der Waals surface area contributed by atoms with Gasteiger partial charge in [-0.05, 0) is 19.9 Å². The van der Waals surface area contributed by atoms with Gasteiger partial charge in [-0.2, -0.15) is 0 Å². The van der Waals surface area contributed by atoms with E-state index in [-0.39, 0.29) is 11.8 Å². The molecule has 3 heterocycles. The Morgan fingerprint density at radius 3 is 2.28 bits per heavy atom. The average molecular weight is 351 g/mol. The second kappa shape index (κ2) is 8.99. The number of hydrogen-bond acceptors (Lipinski definition) is 5. The predicted octanol–water partition coefficient (Wildman–Crippen LogP) is 1.82. The maximum Gasteiger partial charge on any atom is 0.225 e. The second-order valence-corrected chi connectivity index (χ2v) is 6.45. The Labute approximate surface area is 149 Å². The number of nitrogens with zero attached hydrogens (tertiary/aromatic N) is 4. The third-order valence-corrected chi connectivity index (χ3v) is 4.88.